The summed E-state index contributed by atoms with van der Waals surface area (Å²) < 4.78 is 12.8. The van der Waals surface area contributed by atoms with Gasteiger partial charge >= 0.3 is 0 Å². The third-order valence-electron chi connectivity index (χ3n) is 11.2. The minimum Gasteiger partial charge on any atom is -0.490 e. The zero-order valence-electron chi connectivity index (χ0n) is 31.4. The summed E-state index contributed by atoms with van der Waals surface area (Å²) >= 11 is 0. The Morgan fingerprint density at radius 1 is 0.654 bits per heavy atom. The molecule has 0 aromatic heterocycles. The van der Waals surface area contributed by atoms with E-state index in [-0.39, 0.29) is 17.3 Å². The quantitative estimate of drug-likeness (QED) is 0.127. The van der Waals surface area contributed by atoms with Crippen LogP contribution in [0.5, 0.6) is 17.2 Å². The van der Waals surface area contributed by atoms with Crippen molar-refractivity contribution >= 4 is 5.78 Å². The molecule has 0 saturated heterocycles. The number of carbonyl (C=O) groups is 1. The maximum absolute atomic E-state index is 13.3. The summed E-state index contributed by atoms with van der Waals surface area (Å²) in [4.78, 5) is 13.3. The van der Waals surface area contributed by atoms with E-state index in [0.29, 0.717) is 16.9 Å². The van der Waals surface area contributed by atoms with Gasteiger partial charge in [0.15, 0.2) is 5.78 Å². The van der Waals surface area contributed by atoms with E-state index >= 15 is 0 Å². The molecule has 0 saturated carbocycles. The molecular weight excluding hydrogens is 637 g/mol. The molecule has 0 aliphatic heterocycles. The predicted molar refractivity (Wildman–Crippen MR) is 213 cm³/mol. The molecule has 0 amide bonds. The van der Waals surface area contributed by atoms with E-state index in [4.69, 9.17) is 9.47 Å². The summed E-state index contributed by atoms with van der Waals surface area (Å²) in [6.07, 6.45) is 2.14. The molecule has 3 heteroatoms. The largest absolute Gasteiger partial charge is 0.490 e. The maximum atomic E-state index is 13.3. The summed E-state index contributed by atoms with van der Waals surface area (Å²) in [5.41, 5.74) is 11.7. The van der Waals surface area contributed by atoms with Crippen LogP contribution in [0.2, 0.25) is 0 Å². The number of fused-ring (bicyclic) bond motifs is 3. The molecule has 0 heterocycles. The summed E-state index contributed by atoms with van der Waals surface area (Å²) in [6.45, 7) is 15.2. The number of hydrogen-bond donors (Lipinski definition) is 0. The summed E-state index contributed by atoms with van der Waals surface area (Å²) in [5.74, 6) is 2.39. The summed E-state index contributed by atoms with van der Waals surface area (Å²) in [5, 5.41) is 0. The second-order valence-electron chi connectivity index (χ2n) is 14.9. The third kappa shape index (κ3) is 6.13. The molecule has 0 fully saturated rings. The zero-order valence-corrected chi connectivity index (χ0v) is 31.4. The van der Waals surface area contributed by atoms with Gasteiger partial charge in [0, 0.05) is 11.1 Å². The Morgan fingerprint density at radius 2 is 1.15 bits per heavy atom. The fourth-order valence-electron chi connectivity index (χ4n) is 7.58. The second kappa shape index (κ2) is 14.0. The van der Waals surface area contributed by atoms with Crippen molar-refractivity contribution in [3.05, 3.63) is 184 Å². The van der Waals surface area contributed by atoms with Crippen molar-refractivity contribution in [1.29, 1.82) is 0 Å². The molecule has 0 spiro atoms. The van der Waals surface area contributed by atoms with Gasteiger partial charge in [-0.15, -0.1) is 0 Å². The molecule has 1 aliphatic carbocycles. The van der Waals surface area contributed by atoms with Crippen LogP contribution >= 0.6 is 0 Å². The van der Waals surface area contributed by atoms with E-state index in [1.54, 1.807) is 0 Å². The van der Waals surface area contributed by atoms with Crippen LogP contribution in [0, 0.1) is 13.8 Å². The lowest BCUT2D eigenvalue weighted by molar-refractivity contribution is 0.103. The zero-order chi connectivity index (χ0) is 36.6. The number of ketones is 1. The number of ether oxygens (including phenoxy) is 2. The van der Waals surface area contributed by atoms with E-state index in [2.05, 4.69) is 146 Å². The third-order valence-corrected chi connectivity index (χ3v) is 11.2. The standard InChI is InChI=1S/C49H48O3/c1-8-34(5)51-45-28-24-38(30-32(45)3)49(43-16-12-10-14-41(43)42-15-11-13-17-44(42)49)39-25-29-46(33(4)31-39)52-40-26-20-36(21-27-40)47(50)35-18-22-37(23-19-35)48(6,7)9-2/h10-31,34H,8-9H2,1-7H3. The normalized spacial score (nSPS) is 13.6. The smallest absolute Gasteiger partial charge is 0.193 e. The maximum Gasteiger partial charge on any atom is 0.193 e. The second-order valence-corrected chi connectivity index (χ2v) is 14.9. The lowest BCUT2D eigenvalue weighted by Gasteiger charge is -2.35. The van der Waals surface area contributed by atoms with Gasteiger partial charge in [0.1, 0.15) is 17.2 Å². The minimum atomic E-state index is -0.525. The Morgan fingerprint density at radius 3 is 1.65 bits per heavy atom. The molecular formula is C49H48O3. The van der Waals surface area contributed by atoms with Crippen LogP contribution in [0.15, 0.2) is 133 Å². The SMILES string of the molecule is CCC(C)Oc1ccc(C2(c3ccc(Oc4ccc(C(=O)c5ccc(C(C)(C)CC)cc5)cc4)c(C)c3)c3ccccc3-c3ccccc32)cc1C. The molecule has 0 N–H and O–H groups in total. The monoisotopic (exact) mass is 684 g/mol. The Kier molecular flexibility index (Phi) is 9.40. The highest BCUT2D eigenvalue weighted by Gasteiger charge is 2.46. The molecule has 1 aliphatic rings. The highest BCUT2D eigenvalue weighted by atomic mass is 16.5. The highest BCUT2D eigenvalue weighted by Crippen LogP contribution is 2.56. The van der Waals surface area contributed by atoms with Gasteiger partial charge in [-0.25, -0.2) is 0 Å². The average molecular weight is 685 g/mol. The van der Waals surface area contributed by atoms with Crippen LogP contribution in [0.25, 0.3) is 11.1 Å². The van der Waals surface area contributed by atoms with Crippen LogP contribution in [0.3, 0.4) is 0 Å². The van der Waals surface area contributed by atoms with Gasteiger partial charge in [0.25, 0.3) is 0 Å². The molecule has 6 aromatic rings. The minimum absolute atomic E-state index is 0.00469. The Bertz CT molecular complexity index is 2200. The van der Waals surface area contributed by atoms with Crippen LogP contribution in [0.1, 0.15) is 102 Å². The fourth-order valence-corrected chi connectivity index (χ4v) is 7.58. The van der Waals surface area contributed by atoms with Gasteiger partial charge in [0.05, 0.1) is 11.5 Å². The lowest BCUT2D eigenvalue weighted by Crippen LogP contribution is -2.29. The molecule has 0 radical (unpaired) electrons. The first-order chi connectivity index (χ1) is 25.1. The Balaban J connectivity index is 1.22. The lowest BCUT2D eigenvalue weighted by atomic mass is 9.67. The molecule has 52 heavy (non-hydrogen) atoms. The predicted octanol–water partition coefficient (Wildman–Crippen LogP) is 12.6. The first-order valence-electron chi connectivity index (χ1n) is 18.6. The van der Waals surface area contributed by atoms with E-state index in [0.717, 1.165) is 35.5 Å². The molecule has 7 rings (SSSR count). The van der Waals surface area contributed by atoms with Gasteiger partial charge in [0.2, 0.25) is 0 Å². The van der Waals surface area contributed by atoms with Crippen LogP contribution < -0.4 is 9.47 Å². The van der Waals surface area contributed by atoms with Crippen molar-refractivity contribution < 1.29 is 14.3 Å². The van der Waals surface area contributed by atoms with Crippen LogP contribution in [0.4, 0.5) is 0 Å². The first-order valence-corrected chi connectivity index (χ1v) is 18.6. The van der Waals surface area contributed by atoms with Gasteiger partial charge in [-0.3, -0.25) is 4.79 Å². The molecule has 1 unspecified atom stereocenters. The van der Waals surface area contributed by atoms with Crippen molar-refractivity contribution in [1.82, 2.24) is 0 Å². The summed E-state index contributed by atoms with van der Waals surface area (Å²) in [6, 6.07) is 46.3. The average Bonchev–Trinajstić information content (AvgIpc) is 3.47. The number of carbonyl (C=O) groups excluding carboxylic acids is 1. The molecule has 262 valence electrons. The Labute approximate surface area is 309 Å². The van der Waals surface area contributed by atoms with E-state index in [1.165, 1.54) is 38.9 Å². The van der Waals surface area contributed by atoms with Crippen molar-refractivity contribution in [2.24, 2.45) is 0 Å². The molecule has 0 bridgehead atoms. The van der Waals surface area contributed by atoms with E-state index < -0.39 is 5.41 Å². The molecule has 3 nitrogen and oxygen atoms in total. The topological polar surface area (TPSA) is 35.5 Å². The summed E-state index contributed by atoms with van der Waals surface area (Å²) in [7, 11) is 0. The number of rotatable bonds is 11. The molecule has 6 aromatic carbocycles. The van der Waals surface area contributed by atoms with Crippen LogP contribution in [-0.4, -0.2) is 11.9 Å². The van der Waals surface area contributed by atoms with E-state index in [9.17, 15) is 4.79 Å². The number of hydrogen-bond acceptors (Lipinski definition) is 3. The van der Waals surface area contributed by atoms with Crippen molar-refractivity contribution in [2.45, 2.75) is 78.2 Å². The fraction of sp³-hybridized carbons (Fsp3) is 0.245. The first kappa shape index (κ1) is 35.0. The number of aryl methyl sites for hydroxylation is 2. The van der Waals surface area contributed by atoms with Crippen molar-refractivity contribution in [2.75, 3.05) is 0 Å². The highest BCUT2D eigenvalue weighted by molar-refractivity contribution is 6.09. The molecule has 1 atom stereocenters. The van der Waals surface area contributed by atoms with Gasteiger partial charge < -0.3 is 9.47 Å². The Hall–Kier alpha value is -5.41. The number of benzene rings is 6. The van der Waals surface area contributed by atoms with Gasteiger partial charge in [-0.05, 0) is 125 Å². The van der Waals surface area contributed by atoms with E-state index in [1.807, 2.05) is 36.4 Å². The van der Waals surface area contributed by atoms with Crippen molar-refractivity contribution in [3.8, 4) is 28.4 Å². The van der Waals surface area contributed by atoms with Crippen LogP contribution in [-0.2, 0) is 10.8 Å². The van der Waals surface area contributed by atoms with Gasteiger partial charge in [-0.1, -0.05) is 125 Å². The van der Waals surface area contributed by atoms with Gasteiger partial charge in [-0.2, -0.15) is 0 Å². The van der Waals surface area contributed by atoms with Crippen molar-refractivity contribution in [3.63, 3.8) is 0 Å².